The molecule has 0 aromatic rings. The highest BCUT2D eigenvalue weighted by molar-refractivity contribution is 9.09. The Kier molecular flexibility index (Phi) is 4.57. The monoisotopic (exact) mass is 277 g/mol. The fourth-order valence-electron chi connectivity index (χ4n) is 1.70. The van der Waals surface area contributed by atoms with Crippen molar-refractivity contribution in [1.29, 1.82) is 0 Å². The van der Waals surface area contributed by atoms with Gasteiger partial charge in [-0.25, -0.2) is 4.79 Å². The Balaban J connectivity index is 2.60. The van der Waals surface area contributed by atoms with Crippen LogP contribution in [0.15, 0.2) is 0 Å². The summed E-state index contributed by atoms with van der Waals surface area (Å²) in [7, 11) is 0. The molecule has 0 saturated carbocycles. The highest BCUT2D eigenvalue weighted by Gasteiger charge is 2.34. The SMILES string of the molecule is CC(C)OC(=O)[C@H]1CCCN1C(=O)CBr. The first-order valence-corrected chi connectivity index (χ1v) is 6.24. The Morgan fingerprint density at radius 3 is 2.73 bits per heavy atom. The summed E-state index contributed by atoms with van der Waals surface area (Å²) in [6.45, 7) is 4.27. The number of hydrogen-bond acceptors (Lipinski definition) is 3. The molecule has 0 aliphatic carbocycles. The molecule has 0 spiro atoms. The van der Waals surface area contributed by atoms with Gasteiger partial charge in [0.1, 0.15) is 6.04 Å². The Hall–Kier alpha value is -0.580. The molecule has 1 fully saturated rings. The smallest absolute Gasteiger partial charge is 0.329 e. The van der Waals surface area contributed by atoms with Crippen molar-refractivity contribution in [2.75, 3.05) is 11.9 Å². The average molecular weight is 278 g/mol. The van der Waals surface area contributed by atoms with E-state index < -0.39 is 0 Å². The third-order valence-corrected chi connectivity index (χ3v) is 2.79. The number of halogens is 1. The molecule has 1 amide bonds. The quantitative estimate of drug-likeness (QED) is 0.578. The number of alkyl halides is 1. The normalized spacial score (nSPS) is 20.8. The van der Waals surface area contributed by atoms with E-state index in [2.05, 4.69) is 15.9 Å². The molecule has 4 nitrogen and oxygen atoms in total. The van der Waals surface area contributed by atoms with Gasteiger partial charge in [-0.15, -0.1) is 0 Å². The predicted octanol–water partition coefficient (Wildman–Crippen LogP) is 1.32. The number of hydrogen-bond donors (Lipinski definition) is 0. The third-order valence-electron chi connectivity index (χ3n) is 2.31. The minimum Gasteiger partial charge on any atom is -0.461 e. The number of amides is 1. The molecule has 86 valence electrons. The maximum atomic E-state index is 11.7. The second-order valence-electron chi connectivity index (χ2n) is 3.86. The van der Waals surface area contributed by atoms with Gasteiger partial charge in [-0.1, -0.05) is 15.9 Å². The van der Waals surface area contributed by atoms with Gasteiger partial charge < -0.3 is 9.64 Å². The van der Waals surface area contributed by atoms with Crippen LogP contribution in [0.25, 0.3) is 0 Å². The topological polar surface area (TPSA) is 46.6 Å². The molecule has 0 unspecified atom stereocenters. The Morgan fingerprint density at radius 1 is 1.53 bits per heavy atom. The summed E-state index contributed by atoms with van der Waals surface area (Å²) in [6.07, 6.45) is 1.46. The molecule has 0 bridgehead atoms. The van der Waals surface area contributed by atoms with Crippen molar-refractivity contribution in [1.82, 2.24) is 4.90 Å². The summed E-state index contributed by atoms with van der Waals surface area (Å²) >= 11 is 3.11. The van der Waals surface area contributed by atoms with Crippen molar-refractivity contribution in [3.63, 3.8) is 0 Å². The maximum Gasteiger partial charge on any atom is 0.329 e. The molecular weight excluding hydrogens is 262 g/mol. The number of likely N-dealkylation sites (tertiary alicyclic amines) is 1. The molecule has 0 aromatic heterocycles. The zero-order valence-electron chi connectivity index (χ0n) is 9.03. The third kappa shape index (κ3) is 3.19. The van der Waals surface area contributed by atoms with E-state index in [1.165, 1.54) is 0 Å². The predicted molar refractivity (Wildman–Crippen MR) is 59.8 cm³/mol. The molecule has 0 radical (unpaired) electrons. The van der Waals surface area contributed by atoms with Crippen LogP contribution in [0.3, 0.4) is 0 Å². The first-order valence-electron chi connectivity index (χ1n) is 5.12. The molecule has 1 aliphatic rings. The average Bonchev–Trinajstić information content (AvgIpc) is 2.63. The van der Waals surface area contributed by atoms with Crippen LogP contribution in [0.5, 0.6) is 0 Å². The second-order valence-corrected chi connectivity index (χ2v) is 4.43. The van der Waals surface area contributed by atoms with E-state index in [1.54, 1.807) is 4.90 Å². The van der Waals surface area contributed by atoms with E-state index in [4.69, 9.17) is 4.74 Å². The van der Waals surface area contributed by atoms with Crippen molar-refractivity contribution < 1.29 is 14.3 Å². The number of nitrogens with zero attached hydrogens (tertiary/aromatic N) is 1. The van der Waals surface area contributed by atoms with E-state index in [-0.39, 0.29) is 29.4 Å². The second kappa shape index (κ2) is 5.49. The molecule has 1 aliphatic heterocycles. The van der Waals surface area contributed by atoms with Gasteiger partial charge >= 0.3 is 5.97 Å². The molecule has 1 atom stereocenters. The first kappa shape index (κ1) is 12.5. The number of ether oxygens (including phenoxy) is 1. The van der Waals surface area contributed by atoms with Crippen LogP contribution in [-0.2, 0) is 14.3 Å². The Morgan fingerprint density at radius 2 is 2.20 bits per heavy atom. The van der Waals surface area contributed by atoms with Crippen molar-refractivity contribution in [2.24, 2.45) is 0 Å². The highest BCUT2D eigenvalue weighted by atomic mass is 79.9. The van der Waals surface area contributed by atoms with Crippen molar-refractivity contribution in [3.8, 4) is 0 Å². The molecule has 0 aromatic carbocycles. The van der Waals surface area contributed by atoms with Crippen LogP contribution < -0.4 is 0 Å². The maximum absolute atomic E-state index is 11.7. The van der Waals surface area contributed by atoms with Gasteiger partial charge in [0, 0.05) is 6.54 Å². The van der Waals surface area contributed by atoms with E-state index in [9.17, 15) is 9.59 Å². The lowest BCUT2D eigenvalue weighted by Crippen LogP contribution is -2.42. The van der Waals surface area contributed by atoms with Gasteiger partial charge in [0.25, 0.3) is 0 Å². The van der Waals surface area contributed by atoms with Gasteiger partial charge in [-0.2, -0.15) is 0 Å². The zero-order chi connectivity index (χ0) is 11.4. The molecule has 5 heteroatoms. The van der Waals surface area contributed by atoms with Crippen molar-refractivity contribution >= 4 is 27.8 Å². The molecule has 15 heavy (non-hydrogen) atoms. The minimum absolute atomic E-state index is 0.0433. The van der Waals surface area contributed by atoms with Crippen LogP contribution in [0, 0.1) is 0 Å². The fourth-order valence-corrected chi connectivity index (χ4v) is 2.02. The van der Waals surface area contributed by atoms with Gasteiger partial charge in [0.2, 0.25) is 5.91 Å². The summed E-state index contributed by atoms with van der Waals surface area (Å²) < 4.78 is 5.11. The van der Waals surface area contributed by atoms with E-state index in [0.29, 0.717) is 13.0 Å². The highest BCUT2D eigenvalue weighted by Crippen LogP contribution is 2.19. The minimum atomic E-state index is -0.377. The van der Waals surface area contributed by atoms with Crippen LogP contribution >= 0.6 is 15.9 Å². The van der Waals surface area contributed by atoms with E-state index in [0.717, 1.165) is 6.42 Å². The van der Waals surface area contributed by atoms with Crippen LogP contribution in [0.1, 0.15) is 26.7 Å². The summed E-state index contributed by atoms with van der Waals surface area (Å²) in [5.74, 6) is -0.324. The summed E-state index contributed by atoms with van der Waals surface area (Å²) in [4.78, 5) is 24.7. The summed E-state index contributed by atoms with van der Waals surface area (Å²) in [6, 6.07) is -0.377. The van der Waals surface area contributed by atoms with Gasteiger partial charge in [0.15, 0.2) is 0 Å². The molecule has 0 N–H and O–H groups in total. The Bertz CT molecular complexity index is 255. The van der Waals surface area contributed by atoms with Crippen LogP contribution in [0.4, 0.5) is 0 Å². The summed E-state index contributed by atoms with van der Waals surface area (Å²) in [5, 5.41) is 0.262. The van der Waals surface area contributed by atoms with Gasteiger partial charge in [0.05, 0.1) is 11.4 Å². The molecule has 1 heterocycles. The zero-order valence-corrected chi connectivity index (χ0v) is 10.6. The summed E-state index contributed by atoms with van der Waals surface area (Å²) in [5.41, 5.74) is 0. The van der Waals surface area contributed by atoms with Crippen LogP contribution in [-0.4, -0.2) is 40.8 Å². The van der Waals surface area contributed by atoms with E-state index >= 15 is 0 Å². The standard InChI is InChI=1S/C10H16BrNO3/c1-7(2)15-10(14)8-4-3-5-12(8)9(13)6-11/h7-8H,3-6H2,1-2H3/t8-/m1/s1. The largest absolute Gasteiger partial charge is 0.461 e. The molecule has 1 saturated heterocycles. The lowest BCUT2D eigenvalue weighted by atomic mass is 10.2. The Labute approximate surface area is 98.1 Å². The molecule has 1 rings (SSSR count). The fraction of sp³-hybridized carbons (Fsp3) is 0.800. The first-order chi connectivity index (χ1) is 7.06. The van der Waals surface area contributed by atoms with E-state index in [1.807, 2.05) is 13.8 Å². The van der Waals surface area contributed by atoms with Gasteiger partial charge in [-0.3, -0.25) is 4.79 Å². The van der Waals surface area contributed by atoms with Crippen molar-refractivity contribution in [2.45, 2.75) is 38.8 Å². The van der Waals surface area contributed by atoms with Crippen LogP contribution in [0.2, 0.25) is 0 Å². The number of carbonyl (C=O) groups excluding carboxylic acids is 2. The van der Waals surface area contributed by atoms with Gasteiger partial charge in [-0.05, 0) is 26.7 Å². The lowest BCUT2D eigenvalue weighted by molar-refractivity contribution is -0.156. The number of esters is 1. The number of carbonyl (C=O) groups is 2. The van der Waals surface area contributed by atoms with Crippen molar-refractivity contribution in [3.05, 3.63) is 0 Å². The molecular formula is C10H16BrNO3. The number of rotatable bonds is 3. The lowest BCUT2D eigenvalue weighted by Gasteiger charge is -2.23.